The Balaban J connectivity index is 1.82. The standard InChI is InChI=1S/C17H21F3N2O4/c1-11(26-10-17(18,19)20)15(23)21-9-12-4-2-5-13(8-12)22-16(24)14-6-3-7-25-14/h2,4-5,8,11,14H,3,6-7,9-10H2,1H3,(H,21,23)(H,22,24). The van der Waals surface area contributed by atoms with E-state index < -0.39 is 30.9 Å². The Morgan fingerprint density at radius 1 is 1.38 bits per heavy atom. The molecule has 0 aliphatic carbocycles. The van der Waals surface area contributed by atoms with E-state index in [1.165, 1.54) is 6.92 Å². The van der Waals surface area contributed by atoms with E-state index in [0.29, 0.717) is 24.3 Å². The molecule has 1 saturated heterocycles. The van der Waals surface area contributed by atoms with E-state index in [0.717, 1.165) is 6.42 Å². The number of anilines is 1. The number of nitrogens with one attached hydrogen (secondary N) is 2. The van der Waals surface area contributed by atoms with Crippen molar-refractivity contribution in [2.24, 2.45) is 0 Å². The van der Waals surface area contributed by atoms with Gasteiger partial charge in [0, 0.05) is 18.8 Å². The Bertz CT molecular complexity index is 631. The lowest BCUT2D eigenvalue weighted by Crippen LogP contribution is -2.36. The van der Waals surface area contributed by atoms with E-state index in [2.05, 4.69) is 15.4 Å². The lowest BCUT2D eigenvalue weighted by atomic mass is 10.1. The van der Waals surface area contributed by atoms with E-state index in [-0.39, 0.29) is 12.5 Å². The predicted octanol–water partition coefficient (Wildman–Crippen LogP) is 2.39. The molecular weight excluding hydrogens is 353 g/mol. The molecule has 1 aromatic carbocycles. The molecule has 26 heavy (non-hydrogen) atoms. The third kappa shape index (κ3) is 6.64. The zero-order chi connectivity index (χ0) is 19.2. The highest BCUT2D eigenvalue weighted by molar-refractivity contribution is 5.94. The average molecular weight is 374 g/mol. The van der Waals surface area contributed by atoms with E-state index in [1.807, 2.05) is 0 Å². The minimum absolute atomic E-state index is 0.0994. The number of hydrogen-bond donors (Lipinski definition) is 2. The maximum absolute atomic E-state index is 12.1. The Kier molecular flexibility index (Phi) is 6.98. The molecule has 0 aromatic heterocycles. The second kappa shape index (κ2) is 9.00. The Morgan fingerprint density at radius 2 is 2.15 bits per heavy atom. The summed E-state index contributed by atoms with van der Waals surface area (Å²) in [5.41, 5.74) is 1.24. The molecule has 0 radical (unpaired) electrons. The molecule has 2 atom stereocenters. The van der Waals surface area contributed by atoms with E-state index >= 15 is 0 Å². The van der Waals surface area contributed by atoms with Gasteiger partial charge in [0.25, 0.3) is 5.91 Å². The number of ether oxygens (including phenoxy) is 2. The fourth-order valence-corrected chi connectivity index (χ4v) is 2.39. The highest BCUT2D eigenvalue weighted by Gasteiger charge is 2.29. The van der Waals surface area contributed by atoms with Gasteiger partial charge in [-0.1, -0.05) is 12.1 Å². The highest BCUT2D eigenvalue weighted by Crippen LogP contribution is 2.17. The summed E-state index contributed by atoms with van der Waals surface area (Å²) < 4.78 is 46.1. The van der Waals surface area contributed by atoms with Crippen LogP contribution in [0.2, 0.25) is 0 Å². The molecule has 2 rings (SSSR count). The Morgan fingerprint density at radius 3 is 2.81 bits per heavy atom. The van der Waals surface area contributed by atoms with Gasteiger partial charge in [0.2, 0.25) is 5.91 Å². The normalized spacial score (nSPS) is 18.4. The van der Waals surface area contributed by atoms with Crippen LogP contribution in [0.25, 0.3) is 0 Å². The number of carbonyl (C=O) groups excluding carboxylic acids is 2. The molecule has 1 aliphatic heterocycles. The fraction of sp³-hybridized carbons (Fsp3) is 0.529. The molecule has 0 spiro atoms. The number of hydrogen-bond acceptors (Lipinski definition) is 4. The Labute approximate surface area is 149 Å². The van der Waals surface area contributed by atoms with E-state index in [9.17, 15) is 22.8 Å². The van der Waals surface area contributed by atoms with Crippen LogP contribution < -0.4 is 10.6 Å². The first kappa shape index (κ1) is 20.2. The minimum atomic E-state index is -4.48. The summed E-state index contributed by atoms with van der Waals surface area (Å²) in [5.74, 6) is -0.874. The maximum Gasteiger partial charge on any atom is 0.411 e. The third-order valence-electron chi connectivity index (χ3n) is 3.75. The number of halogens is 3. The van der Waals surface area contributed by atoms with Crippen molar-refractivity contribution >= 4 is 17.5 Å². The van der Waals surface area contributed by atoms with Crippen molar-refractivity contribution < 1.29 is 32.2 Å². The number of rotatable bonds is 7. The van der Waals surface area contributed by atoms with E-state index in [4.69, 9.17) is 4.74 Å². The quantitative estimate of drug-likeness (QED) is 0.768. The van der Waals surface area contributed by atoms with Crippen molar-refractivity contribution in [2.45, 2.75) is 44.7 Å². The van der Waals surface area contributed by atoms with Crippen LogP contribution in [0, 0.1) is 0 Å². The molecule has 0 saturated carbocycles. The van der Waals surface area contributed by atoms with Crippen molar-refractivity contribution in [3.05, 3.63) is 29.8 Å². The van der Waals surface area contributed by atoms with Gasteiger partial charge in [0.1, 0.15) is 18.8 Å². The summed E-state index contributed by atoms with van der Waals surface area (Å²) in [6.45, 7) is 0.437. The van der Waals surface area contributed by atoms with Gasteiger partial charge in [-0.15, -0.1) is 0 Å². The van der Waals surface area contributed by atoms with Crippen LogP contribution >= 0.6 is 0 Å². The minimum Gasteiger partial charge on any atom is -0.368 e. The summed E-state index contributed by atoms with van der Waals surface area (Å²) >= 11 is 0. The molecule has 2 unspecified atom stereocenters. The van der Waals surface area contributed by atoms with Crippen LogP contribution in [0.1, 0.15) is 25.3 Å². The molecule has 2 N–H and O–H groups in total. The molecule has 1 heterocycles. The maximum atomic E-state index is 12.1. The molecular formula is C17H21F3N2O4. The molecule has 144 valence electrons. The Hall–Kier alpha value is -2.13. The largest absolute Gasteiger partial charge is 0.411 e. The van der Waals surface area contributed by atoms with Gasteiger partial charge in [0.05, 0.1) is 0 Å². The SMILES string of the molecule is CC(OCC(F)(F)F)C(=O)NCc1cccc(NC(=O)C2CCCO2)c1. The first-order chi connectivity index (χ1) is 12.2. The van der Waals surface area contributed by atoms with Gasteiger partial charge >= 0.3 is 6.18 Å². The first-order valence-electron chi connectivity index (χ1n) is 8.22. The summed E-state index contributed by atoms with van der Waals surface area (Å²) in [7, 11) is 0. The summed E-state index contributed by atoms with van der Waals surface area (Å²) in [6, 6.07) is 6.81. The van der Waals surface area contributed by atoms with Crippen LogP contribution in [0.15, 0.2) is 24.3 Å². The highest BCUT2D eigenvalue weighted by atomic mass is 19.4. The summed E-state index contributed by atoms with van der Waals surface area (Å²) in [5, 5.41) is 5.25. The van der Waals surface area contributed by atoms with E-state index in [1.54, 1.807) is 24.3 Å². The van der Waals surface area contributed by atoms with Crippen molar-refractivity contribution in [3.8, 4) is 0 Å². The van der Waals surface area contributed by atoms with Crippen molar-refractivity contribution in [2.75, 3.05) is 18.5 Å². The third-order valence-corrected chi connectivity index (χ3v) is 3.75. The fourth-order valence-electron chi connectivity index (χ4n) is 2.39. The number of carbonyl (C=O) groups is 2. The van der Waals surface area contributed by atoms with Crippen LogP contribution in [0.5, 0.6) is 0 Å². The molecule has 1 aliphatic rings. The van der Waals surface area contributed by atoms with Gasteiger partial charge in [-0.2, -0.15) is 13.2 Å². The lowest BCUT2D eigenvalue weighted by Gasteiger charge is -2.15. The van der Waals surface area contributed by atoms with Crippen LogP contribution in [0.4, 0.5) is 18.9 Å². The molecule has 0 bridgehead atoms. The van der Waals surface area contributed by atoms with Crippen molar-refractivity contribution in [1.29, 1.82) is 0 Å². The predicted molar refractivity (Wildman–Crippen MR) is 87.4 cm³/mol. The van der Waals surface area contributed by atoms with Gasteiger partial charge in [-0.25, -0.2) is 0 Å². The van der Waals surface area contributed by atoms with Crippen LogP contribution in [-0.2, 0) is 25.6 Å². The summed E-state index contributed by atoms with van der Waals surface area (Å²) in [6.07, 6.45) is -4.63. The zero-order valence-corrected chi connectivity index (χ0v) is 14.3. The molecule has 1 aromatic rings. The molecule has 9 heteroatoms. The monoisotopic (exact) mass is 374 g/mol. The summed E-state index contributed by atoms with van der Waals surface area (Å²) in [4.78, 5) is 23.8. The zero-order valence-electron chi connectivity index (χ0n) is 14.3. The van der Waals surface area contributed by atoms with Gasteiger partial charge in [-0.05, 0) is 37.5 Å². The van der Waals surface area contributed by atoms with Gasteiger partial charge in [0.15, 0.2) is 0 Å². The number of alkyl halides is 3. The number of benzene rings is 1. The topological polar surface area (TPSA) is 76.7 Å². The average Bonchev–Trinajstić information content (AvgIpc) is 3.12. The van der Waals surface area contributed by atoms with Crippen LogP contribution in [0.3, 0.4) is 0 Å². The first-order valence-corrected chi connectivity index (χ1v) is 8.22. The molecule has 1 fully saturated rings. The number of amides is 2. The molecule has 2 amide bonds. The van der Waals surface area contributed by atoms with Crippen molar-refractivity contribution in [1.82, 2.24) is 5.32 Å². The second-order valence-electron chi connectivity index (χ2n) is 5.98. The lowest BCUT2D eigenvalue weighted by molar-refractivity contribution is -0.185. The second-order valence-corrected chi connectivity index (χ2v) is 5.98. The van der Waals surface area contributed by atoms with Crippen molar-refractivity contribution in [3.63, 3.8) is 0 Å². The van der Waals surface area contributed by atoms with Gasteiger partial charge < -0.3 is 20.1 Å². The van der Waals surface area contributed by atoms with Gasteiger partial charge in [-0.3, -0.25) is 9.59 Å². The van der Waals surface area contributed by atoms with Crippen LogP contribution in [-0.4, -0.2) is 43.4 Å². The molecule has 6 nitrogen and oxygen atoms in total. The smallest absolute Gasteiger partial charge is 0.368 e.